The molecule has 0 aliphatic rings. The van der Waals surface area contributed by atoms with Crippen LogP contribution >= 0.6 is 0 Å². The van der Waals surface area contributed by atoms with E-state index in [1.165, 1.54) is 10.8 Å². The molecule has 2 aromatic carbocycles. The number of amides is 1. The van der Waals surface area contributed by atoms with E-state index >= 15 is 0 Å². The van der Waals surface area contributed by atoms with Gasteiger partial charge in [0.1, 0.15) is 29.7 Å². The van der Waals surface area contributed by atoms with Gasteiger partial charge in [-0.3, -0.25) is 19.3 Å². The lowest BCUT2D eigenvalue weighted by atomic mass is 10.0. The van der Waals surface area contributed by atoms with Crippen LogP contribution in [0.15, 0.2) is 77.2 Å². The van der Waals surface area contributed by atoms with Gasteiger partial charge in [-0.15, -0.1) is 0 Å². The van der Waals surface area contributed by atoms with Crippen molar-refractivity contribution in [2.75, 3.05) is 5.32 Å². The molecule has 0 fully saturated rings. The molecule has 0 atom stereocenters. The zero-order chi connectivity index (χ0) is 26.5. The number of pyridine rings is 1. The summed E-state index contributed by atoms with van der Waals surface area (Å²) in [6.45, 7) is 5.89. The van der Waals surface area contributed by atoms with Crippen molar-refractivity contribution in [1.29, 1.82) is 5.26 Å². The molecule has 0 aliphatic carbocycles. The van der Waals surface area contributed by atoms with Crippen LogP contribution in [0.5, 0.6) is 5.75 Å². The number of ether oxygens (including phenoxy) is 1. The van der Waals surface area contributed by atoms with Crippen LogP contribution < -0.4 is 15.6 Å². The molecule has 2 aromatic heterocycles. The summed E-state index contributed by atoms with van der Waals surface area (Å²) in [6, 6.07) is 20.4. The van der Waals surface area contributed by atoms with Gasteiger partial charge in [0.05, 0.1) is 17.1 Å². The Morgan fingerprint density at radius 2 is 1.76 bits per heavy atom. The molecule has 4 rings (SSSR count). The number of nitrogens with one attached hydrogen (secondary N) is 1. The van der Waals surface area contributed by atoms with Crippen molar-refractivity contribution in [1.82, 2.24) is 14.3 Å². The molecule has 37 heavy (non-hydrogen) atoms. The average Bonchev–Trinajstić information content (AvgIpc) is 3.10. The van der Waals surface area contributed by atoms with Crippen LogP contribution in [0.4, 0.5) is 5.69 Å². The first-order valence-corrected chi connectivity index (χ1v) is 11.7. The number of nitrogens with zero attached hydrogens (tertiary/aromatic N) is 4. The molecule has 2 heterocycles. The lowest BCUT2D eigenvalue weighted by Crippen LogP contribution is -2.23. The highest BCUT2D eigenvalue weighted by Gasteiger charge is 2.20. The van der Waals surface area contributed by atoms with E-state index in [0.717, 1.165) is 22.6 Å². The van der Waals surface area contributed by atoms with Crippen molar-refractivity contribution in [2.45, 2.75) is 27.4 Å². The molecule has 0 saturated heterocycles. The molecule has 0 aliphatic heterocycles. The standard InChI is InChI=1S/C29H27N5O3/c1-19-14-22(15-20(2)27(19)37-18-24-10-8-9-13-31-24)16-23(17-30)28(35)32-26-21(3)33(4)34(29(26)36)25-11-6-5-7-12-25/h5-16H,18H2,1-4H3,(H,32,35)/b23-16+. The van der Waals surface area contributed by atoms with Crippen LogP contribution in [-0.4, -0.2) is 20.3 Å². The number of hydrogen-bond acceptors (Lipinski definition) is 5. The second-order valence-corrected chi connectivity index (χ2v) is 8.65. The Bertz CT molecular complexity index is 1550. The summed E-state index contributed by atoms with van der Waals surface area (Å²) in [7, 11) is 1.74. The molecule has 0 spiro atoms. The molecule has 1 N–H and O–H groups in total. The average molecular weight is 494 g/mol. The second kappa shape index (κ2) is 10.8. The van der Waals surface area contributed by atoms with Crippen molar-refractivity contribution in [3.05, 3.63) is 111 Å². The van der Waals surface area contributed by atoms with Crippen molar-refractivity contribution < 1.29 is 9.53 Å². The Hall–Kier alpha value is -4.90. The van der Waals surface area contributed by atoms with Gasteiger partial charge in [-0.1, -0.05) is 24.3 Å². The van der Waals surface area contributed by atoms with E-state index in [0.29, 0.717) is 23.6 Å². The lowest BCUT2D eigenvalue weighted by molar-refractivity contribution is -0.112. The van der Waals surface area contributed by atoms with Crippen LogP contribution in [0, 0.1) is 32.1 Å². The van der Waals surface area contributed by atoms with E-state index < -0.39 is 5.91 Å². The topological polar surface area (TPSA) is 102 Å². The molecule has 186 valence electrons. The Morgan fingerprint density at radius 1 is 1.08 bits per heavy atom. The van der Waals surface area contributed by atoms with Crippen LogP contribution in [0.3, 0.4) is 0 Å². The third kappa shape index (κ3) is 5.36. The summed E-state index contributed by atoms with van der Waals surface area (Å²) in [5.41, 5.74) is 4.10. The predicted molar refractivity (Wildman–Crippen MR) is 142 cm³/mol. The molecule has 0 saturated carbocycles. The quantitative estimate of drug-likeness (QED) is 0.299. The molecule has 0 bridgehead atoms. The number of benzene rings is 2. The van der Waals surface area contributed by atoms with Gasteiger partial charge in [0.15, 0.2) is 0 Å². The number of anilines is 1. The largest absolute Gasteiger partial charge is 0.487 e. The Morgan fingerprint density at radius 3 is 2.38 bits per heavy atom. The van der Waals surface area contributed by atoms with Crippen LogP contribution in [0.2, 0.25) is 0 Å². The fourth-order valence-electron chi connectivity index (χ4n) is 4.13. The molecule has 1 amide bonds. The number of carbonyl (C=O) groups is 1. The minimum atomic E-state index is -0.653. The number of carbonyl (C=O) groups excluding carboxylic acids is 1. The van der Waals surface area contributed by atoms with Gasteiger partial charge in [0.25, 0.3) is 11.5 Å². The molecule has 4 aromatic rings. The third-order valence-corrected chi connectivity index (χ3v) is 6.04. The maximum absolute atomic E-state index is 13.1. The highest BCUT2D eigenvalue weighted by atomic mass is 16.5. The molecule has 8 heteroatoms. The van der Waals surface area contributed by atoms with Crippen LogP contribution in [0.25, 0.3) is 11.8 Å². The first-order chi connectivity index (χ1) is 17.8. The zero-order valence-electron chi connectivity index (χ0n) is 21.1. The number of nitriles is 1. The summed E-state index contributed by atoms with van der Waals surface area (Å²) >= 11 is 0. The number of hydrogen-bond donors (Lipinski definition) is 1. The normalized spacial score (nSPS) is 11.2. The van der Waals surface area contributed by atoms with Crippen molar-refractivity contribution in [3.63, 3.8) is 0 Å². The highest BCUT2D eigenvalue weighted by molar-refractivity contribution is 6.09. The van der Waals surface area contributed by atoms with Gasteiger partial charge < -0.3 is 10.1 Å². The van der Waals surface area contributed by atoms with E-state index in [4.69, 9.17) is 4.74 Å². The SMILES string of the molecule is Cc1cc(/C=C(\C#N)C(=O)Nc2c(C)n(C)n(-c3ccccc3)c2=O)cc(C)c1OCc1ccccn1. The Balaban J connectivity index is 1.57. The monoisotopic (exact) mass is 493 g/mol. The summed E-state index contributed by atoms with van der Waals surface area (Å²) < 4.78 is 9.11. The number of aromatic nitrogens is 3. The molecular weight excluding hydrogens is 466 g/mol. The van der Waals surface area contributed by atoms with Crippen molar-refractivity contribution in [2.24, 2.45) is 7.05 Å². The fourth-order valence-corrected chi connectivity index (χ4v) is 4.13. The maximum Gasteiger partial charge on any atom is 0.295 e. The summed E-state index contributed by atoms with van der Waals surface area (Å²) in [5, 5.41) is 12.4. The lowest BCUT2D eigenvalue weighted by Gasteiger charge is -2.13. The molecular formula is C29H27N5O3. The second-order valence-electron chi connectivity index (χ2n) is 8.65. The van der Waals surface area contributed by atoms with E-state index in [9.17, 15) is 14.9 Å². The zero-order valence-corrected chi connectivity index (χ0v) is 21.1. The number of para-hydroxylation sites is 1. The predicted octanol–water partition coefficient (Wildman–Crippen LogP) is 4.62. The molecule has 8 nitrogen and oxygen atoms in total. The minimum Gasteiger partial charge on any atom is -0.487 e. The number of aryl methyl sites for hydroxylation is 2. The Labute approximate surface area is 215 Å². The summed E-state index contributed by atoms with van der Waals surface area (Å²) in [5.74, 6) is 0.0754. The van der Waals surface area contributed by atoms with Crippen LogP contribution in [0.1, 0.15) is 28.1 Å². The third-order valence-electron chi connectivity index (χ3n) is 6.04. The smallest absolute Gasteiger partial charge is 0.295 e. The first-order valence-electron chi connectivity index (χ1n) is 11.7. The highest BCUT2D eigenvalue weighted by Crippen LogP contribution is 2.27. The van der Waals surface area contributed by atoms with E-state index in [1.807, 2.05) is 80.6 Å². The fraction of sp³-hybridized carbons (Fsp3) is 0.172. The van der Waals surface area contributed by atoms with Gasteiger partial charge in [-0.05, 0) is 79.9 Å². The van der Waals surface area contributed by atoms with Gasteiger partial charge in [0, 0.05) is 13.2 Å². The van der Waals surface area contributed by atoms with Crippen molar-refractivity contribution >= 4 is 17.7 Å². The minimum absolute atomic E-state index is 0.116. The maximum atomic E-state index is 13.1. The molecule has 0 radical (unpaired) electrons. The number of rotatable bonds is 7. The van der Waals surface area contributed by atoms with E-state index in [2.05, 4.69) is 10.3 Å². The van der Waals surface area contributed by atoms with Crippen molar-refractivity contribution in [3.8, 4) is 17.5 Å². The van der Waals surface area contributed by atoms with Gasteiger partial charge in [-0.25, -0.2) is 4.68 Å². The van der Waals surface area contributed by atoms with Gasteiger partial charge in [-0.2, -0.15) is 5.26 Å². The van der Waals surface area contributed by atoms with E-state index in [1.54, 1.807) is 24.9 Å². The Kier molecular flexibility index (Phi) is 7.35. The summed E-state index contributed by atoms with van der Waals surface area (Å²) in [6.07, 6.45) is 3.22. The van der Waals surface area contributed by atoms with Gasteiger partial charge in [0.2, 0.25) is 0 Å². The molecule has 0 unspecified atom stereocenters. The first kappa shape index (κ1) is 25.2. The van der Waals surface area contributed by atoms with Gasteiger partial charge >= 0.3 is 0 Å². The summed E-state index contributed by atoms with van der Waals surface area (Å²) in [4.78, 5) is 30.4. The van der Waals surface area contributed by atoms with Crippen LogP contribution in [-0.2, 0) is 18.4 Å². The van der Waals surface area contributed by atoms with E-state index in [-0.39, 0.29) is 16.8 Å².